The van der Waals surface area contributed by atoms with Crippen LogP contribution in [-0.4, -0.2) is 0 Å². The standard InChI is InChI=1S/C9H10F3N/c1-2-7(13)5-3-4-6(10)9(12)8(5)11/h3-4,7H,2,13H2,1H3/t7-/m1/s1. The van der Waals surface area contributed by atoms with E-state index in [0.717, 1.165) is 6.07 Å². The van der Waals surface area contributed by atoms with Gasteiger partial charge in [-0.3, -0.25) is 0 Å². The van der Waals surface area contributed by atoms with E-state index in [9.17, 15) is 13.2 Å². The first kappa shape index (κ1) is 10.1. The zero-order chi connectivity index (χ0) is 10.0. The smallest absolute Gasteiger partial charge is 0.194 e. The number of benzene rings is 1. The van der Waals surface area contributed by atoms with E-state index in [0.29, 0.717) is 6.42 Å². The molecule has 0 unspecified atom stereocenters. The van der Waals surface area contributed by atoms with Crippen molar-refractivity contribution in [2.45, 2.75) is 19.4 Å². The Morgan fingerprint density at radius 1 is 1.23 bits per heavy atom. The molecule has 0 saturated heterocycles. The molecule has 0 aromatic heterocycles. The minimum atomic E-state index is -1.46. The van der Waals surface area contributed by atoms with Crippen LogP contribution in [-0.2, 0) is 0 Å². The van der Waals surface area contributed by atoms with Crippen LogP contribution in [0.3, 0.4) is 0 Å². The molecule has 0 bridgehead atoms. The van der Waals surface area contributed by atoms with Gasteiger partial charge >= 0.3 is 0 Å². The highest BCUT2D eigenvalue weighted by Gasteiger charge is 2.16. The average Bonchev–Trinajstić information content (AvgIpc) is 2.13. The quantitative estimate of drug-likeness (QED) is 0.711. The zero-order valence-corrected chi connectivity index (χ0v) is 7.15. The van der Waals surface area contributed by atoms with E-state index in [1.54, 1.807) is 6.92 Å². The van der Waals surface area contributed by atoms with Crippen molar-refractivity contribution in [2.75, 3.05) is 0 Å². The fourth-order valence-corrected chi connectivity index (χ4v) is 1.05. The molecule has 0 heterocycles. The van der Waals surface area contributed by atoms with Crippen molar-refractivity contribution < 1.29 is 13.2 Å². The van der Waals surface area contributed by atoms with Gasteiger partial charge in [0.05, 0.1) is 0 Å². The molecule has 1 aromatic rings. The van der Waals surface area contributed by atoms with Crippen molar-refractivity contribution >= 4 is 0 Å². The lowest BCUT2D eigenvalue weighted by molar-refractivity contribution is 0.434. The van der Waals surface area contributed by atoms with Gasteiger partial charge in [-0.2, -0.15) is 0 Å². The monoisotopic (exact) mass is 189 g/mol. The van der Waals surface area contributed by atoms with E-state index in [-0.39, 0.29) is 5.56 Å². The molecule has 0 aliphatic rings. The Morgan fingerprint density at radius 3 is 2.38 bits per heavy atom. The highest BCUT2D eigenvalue weighted by molar-refractivity contribution is 5.23. The maximum atomic E-state index is 13.0. The summed E-state index contributed by atoms with van der Waals surface area (Å²) in [5.41, 5.74) is 5.50. The van der Waals surface area contributed by atoms with Crippen molar-refractivity contribution in [3.8, 4) is 0 Å². The van der Waals surface area contributed by atoms with Gasteiger partial charge in [0.1, 0.15) is 0 Å². The fourth-order valence-electron chi connectivity index (χ4n) is 1.05. The maximum Gasteiger partial charge on any atom is 0.194 e. The lowest BCUT2D eigenvalue weighted by Crippen LogP contribution is -2.12. The van der Waals surface area contributed by atoms with Gasteiger partial charge in [-0.05, 0) is 12.5 Å². The number of hydrogen-bond donors (Lipinski definition) is 1. The van der Waals surface area contributed by atoms with Crippen LogP contribution in [0, 0.1) is 17.5 Å². The van der Waals surface area contributed by atoms with Gasteiger partial charge in [-0.15, -0.1) is 0 Å². The maximum absolute atomic E-state index is 13.0. The number of halogens is 3. The van der Waals surface area contributed by atoms with Crippen LogP contribution >= 0.6 is 0 Å². The van der Waals surface area contributed by atoms with Crippen molar-refractivity contribution in [2.24, 2.45) is 5.73 Å². The molecule has 0 radical (unpaired) electrons. The molecule has 4 heteroatoms. The molecule has 1 rings (SSSR count). The number of rotatable bonds is 2. The lowest BCUT2D eigenvalue weighted by Gasteiger charge is -2.10. The first-order chi connectivity index (χ1) is 6.07. The summed E-state index contributed by atoms with van der Waals surface area (Å²) in [4.78, 5) is 0. The summed E-state index contributed by atoms with van der Waals surface area (Å²) in [5.74, 6) is -3.83. The second kappa shape index (κ2) is 3.79. The summed E-state index contributed by atoms with van der Waals surface area (Å²) < 4.78 is 38.2. The van der Waals surface area contributed by atoms with Gasteiger partial charge in [0.25, 0.3) is 0 Å². The topological polar surface area (TPSA) is 26.0 Å². The Labute approximate surface area is 74.4 Å². The van der Waals surface area contributed by atoms with E-state index >= 15 is 0 Å². The Morgan fingerprint density at radius 2 is 1.85 bits per heavy atom. The molecule has 0 saturated carbocycles. The van der Waals surface area contributed by atoms with Crippen molar-refractivity contribution in [3.05, 3.63) is 35.1 Å². The zero-order valence-electron chi connectivity index (χ0n) is 7.15. The summed E-state index contributed by atoms with van der Waals surface area (Å²) in [6, 6.07) is 1.46. The number of nitrogens with two attached hydrogens (primary N) is 1. The molecule has 1 atom stereocenters. The molecule has 1 nitrogen and oxygen atoms in total. The molecule has 0 fully saturated rings. The van der Waals surface area contributed by atoms with Crippen LogP contribution in [0.15, 0.2) is 12.1 Å². The summed E-state index contributed by atoms with van der Waals surface area (Å²) in [6.45, 7) is 1.74. The van der Waals surface area contributed by atoms with Gasteiger partial charge in [0, 0.05) is 11.6 Å². The minimum Gasteiger partial charge on any atom is -0.324 e. The Kier molecular flexibility index (Phi) is 2.93. The third-order valence-electron chi connectivity index (χ3n) is 1.90. The molecule has 0 amide bonds. The average molecular weight is 189 g/mol. The summed E-state index contributed by atoms with van der Waals surface area (Å²) in [6.07, 6.45) is 0.474. The minimum absolute atomic E-state index is 0.0152. The van der Waals surface area contributed by atoms with E-state index in [2.05, 4.69) is 0 Å². The highest BCUT2D eigenvalue weighted by atomic mass is 19.2. The molecule has 0 spiro atoms. The van der Waals surface area contributed by atoms with Crippen LogP contribution < -0.4 is 5.73 Å². The second-order valence-corrected chi connectivity index (χ2v) is 2.78. The van der Waals surface area contributed by atoms with Gasteiger partial charge in [0.2, 0.25) is 0 Å². The van der Waals surface area contributed by atoms with Crippen LogP contribution in [0.5, 0.6) is 0 Å². The largest absolute Gasteiger partial charge is 0.324 e. The highest BCUT2D eigenvalue weighted by Crippen LogP contribution is 2.21. The summed E-state index contributed by atoms with van der Waals surface area (Å²) >= 11 is 0. The van der Waals surface area contributed by atoms with E-state index in [4.69, 9.17) is 5.73 Å². The SMILES string of the molecule is CC[C@@H](N)c1ccc(F)c(F)c1F. The predicted octanol–water partition coefficient (Wildman–Crippen LogP) is 2.51. The van der Waals surface area contributed by atoms with Crippen molar-refractivity contribution in [1.29, 1.82) is 0 Å². The molecule has 72 valence electrons. The molecule has 1 aromatic carbocycles. The van der Waals surface area contributed by atoms with Gasteiger partial charge in [-0.25, -0.2) is 13.2 Å². The third-order valence-corrected chi connectivity index (χ3v) is 1.90. The molecular formula is C9H10F3N. The molecule has 0 aliphatic heterocycles. The lowest BCUT2D eigenvalue weighted by atomic mass is 10.0. The third kappa shape index (κ3) is 1.83. The Bertz CT molecular complexity index is 312. The van der Waals surface area contributed by atoms with Crippen LogP contribution in [0.1, 0.15) is 24.9 Å². The Hall–Kier alpha value is -1.03. The van der Waals surface area contributed by atoms with Crippen LogP contribution in [0.4, 0.5) is 13.2 Å². The van der Waals surface area contributed by atoms with Gasteiger partial charge in [-0.1, -0.05) is 13.0 Å². The Balaban J connectivity index is 3.18. The van der Waals surface area contributed by atoms with Crippen LogP contribution in [0.2, 0.25) is 0 Å². The van der Waals surface area contributed by atoms with Crippen molar-refractivity contribution in [1.82, 2.24) is 0 Å². The fraction of sp³-hybridized carbons (Fsp3) is 0.333. The van der Waals surface area contributed by atoms with E-state index in [1.165, 1.54) is 6.07 Å². The first-order valence-corrected chi connectivity index (χ1v) is 3.96. The summed E-state index contributed by atoms with van der Waals surface area (Å²) in [7, 11) is 0. The normalized spacial score (nSPS) is 13.0. The van der Waals surface area contributed by atoms with Crippen molar-refractivity contribution in [3.63, 3.8) is 0 Å². The van der Waals surface area contributed by atoms with E-state index in [1.807, 2.05) is 0 Å². The second-order valence-electron chi connectivity index (χ2n) is 2.78. The number of hydrogen-bond acceptors (Lipinski definition) is 1. The summed E-state index contributed by atoms with van der Waals surface area (Å²) in [5, 5.41) is 0. The van der Waals surface area contributed by atoms with Crippen LogP contribution in [0.25, 0.3) is 0 Å². The van der Waals surface area contributed by atoms with Gasteiger partial charge < -0.3 is 5.73 Å². The molecule has 2 N–H and O–H groups in total. The van der Waals surface area contributed by atoms with E-state index < -0.39 is 23.5 Å². The molecular weight excluding hydrogens is 179 g/mol. The molecule has 0 aliphatic carbocycles. The predicted molar refractivity (Wildman–Crippen MR) is 43.5 cm³/mol. The van der Waals surface area contributed by atoms with Gasteiger partial charge in [0.15, 0.2) is 17.5 Å². The first-order valence-electron chi connectivity index (χ1n) is 3.96. The molecule has 13 heavy (non-hydrogen) atoms.